The Morgan fingerprint density at radius 2 is 1.85 bits per heavy atom. The lowest BCUT2D eigenvalue weighted by molar-refractivity contribution is 0.102. The molecule has 0 radical (unpaired) electrons. The van der Waals surface area contributed by atoms with Gasteiger partial charge in [0.05, 0.1) is 30.2 Å². The molecule has 0 atom stereocenters. The number of anilines is 6. The van der Waals surface area contributed by atoms with Gasteiger partial charge in [0.15, 0.2) is 5.82 Å². The van der Waals surface area contributed by atoms with Crippen molar-refractivity contribution in [2.75, 3.05) is 67.8 Å². The highest BCUT2D eigenvalue weighted by Crippen LogP contribution is 2.37. The molecule has 0 unspecified atom stereocenters. The van der Waals surface area contributed by atoms with Crippen molar-refractivity contribution < 1.29 is 9.53 Å². The molecule has 5 rings (SSSR count). The summed E-state index contributed by atoms with van der Waals surface area (Å²) in [4.78, 5) is 28.5. The number of aromatic nitrogens is 2. The van der Waals surface area contributed by atoms with Gasteiger partial charge in [0.2, 0.25) is 5.95 Å². The molecular weight excluding hydrogens is 430 g/mol. The van der Waals surface area contributed by atoms with Crippen LogP contribution in [-0.2, 0) is 0 Å². The Hall–Kier alpha value is -3.85. The Morgan fingerprint density at radius 1 is 1.06 bits per heavy atom. The zero-order valence-corrected chi connectivity index (χ0v) is 19.9. The number of fused-ring (bicyclic) bond motifs is 2. The van der Waals surface area contributed by atoms with Gasteiger partial charge in [-0.1, -0.05) is 6.07 Å². The summed E-state index contributed by atoms with van der Waals surface area (Å²) < 4.78 is 5.68. The molecule has 0 aliphatic carbocycles. The molecule has 2 aliphatic heterocycles. The van der Waals surface area contributed by atoms with E-state index in [1.807, 2.05) is 49.2 Å². The Morgan fingerprint density at radius 3 is 2.62 bits per heavy atom. The predicted molar refractivity (Wildman–Crippen MR) is 135 cm³/mol. The summed E-state index contributed by atoms with van der Waals surface area (Å²) in [7, 11) is 5.71. The van der Waals surface area contributed by atoms with E-state index in [0.717, 1.165) is 54.6 Å². The number of likely N-dealkylation sites (N-methyl/N-ethyl adjacent to an activating group) is 1. The summed E-state index contributed by atoms with van der Waals surface area (Å²) in [6.07, 6.45) is 1.63. The van der Waals surface area contributed by atoms with Crippen molar-refractivity contribution in [3.05, 3.63) is 53.7 Å². The van der Waals surface area contributed by atoms with Gasteiger partial charge in [-0.3, -0.25) is 4.79 Å². The lowest BCUT2D eigenvalue weighted by Gasteiger charge is -2.34. The number of aryl methyl sites for hydroxylation is 1. The topological polar surface area (TPSA) is 85.9 Å². The van der Waals surface area contributed by atoms with Crippen LogP contribution < -0.4 is 25.2 Å². The second-order valence-electron chi connectivity index (χ2n) is 8.76. The maximum atomic E-state index is 12.7. The van der Waals surface area contributed by atoms with Gasteiger partial charge in [-0.05, 0) is 43.8 Å². The summed E-state index contributed by atoms with van der Waals surface area (Å²) in [5.41, 5.74) is 4.94. The van der Waals surface area contributed by atoms with Crippen LogP contribution in [0, 0.1) is 6.92 Å². The van der Waals surface area contributed by atoms with Crippen LogP contribution in [0.5, 0.6) is 5.75 Å². The first-order chi connectivity index (χ1) is 16.4. The van der Waals surface area contributed by atoms with Crippen molar-refractivity contribution in [1.82, 2.24) is 14.9 Å². The number of nitrogens with one attached hydrogen (secondary N) is 2. The van der Waals surface area contributed by atoms with Crippen molar-refractivity contribution in [3.8, 4) is 5.75 Å². The summed E-state index contributed by atoms with van der Waals surface area (Å²) >= 11 is 0. The highest BCUT2D eigenvalue weighted by Gasteiger charge is 2.25. The predicted octanol–water partition coefficient (Wildman–Crippen LogP) is 3.62. The molecule has 34 heavy (non-hydrogen) atoms. The van der Waals surface area contributed by atoms with Crippen LogP contribution >= 0.6 is 0 Å². The number of rotatable bonds is 4. The third-order valence-electron chi connectivity index (χ3n) is 6.39. The van der Waals surface area contributed by atoms with E-state index in [2.05, 4.69) is 38.5 Å². The second-order valence-corrected chi connectivity index (χ2v) is 8.76. The molecule has 0 saturated carbocycles. The number of ether oxygens (including phenoxy) is 1. The summed E-state index contributed by atoms with van der Waals surface area (Å²) in [6.45, 7) is 6.05. The van der Waals surface area contributed by atoms with Gasteiger partial charge in [0, 0.05) is 45.0 Å². The highest BCUT2D eigenvalue weighted by atomic mass is 16.5. The molecule has 9 nitrogen and oxygen atoms in total. The molecule has 0 spiro atoms. The Kier molecular flexibility index (Phi) is 5.70. The number of hydrogen-bond donors (Lipinski definition) is 2. The quantitative estimate of drug-likeness (QED) is 0.612. The Balaban J connectivity index is 1.43. The zero-order chi connectivity index (χ0) is 23.8. The monoisotopic (exact) mass is 459 g/mol. The van der Waals surface area contributed by atoms with Crippen LogP contribution in [0.4, 0.5) is 34.5 Å². The van der Waals surface area contributed by atoms with Crippen molar-refractivity contribution in [2.45, 2.75) is 6.92 Å². The summed E-state index contributed by atoms with van der Waals surface area (Å²) in [5.74, 6) is 1.58. The van der Waals surface area contributed by atoms with Gasteiger partial charge in [-0.25, -0.2) is 4.98 Å². The Bertz CT molecular complexity index is 1240. The highest BCUT2D eigenvalue weighted by molar-refractivity contribution is 6.12. The second kappa shape index (κ2) is 8.83. The number of methoxy groups -OCH3 is 1. The third kappa shape index (κ3) is 4.10. The fraction of sp³-hybridized carbons (Fsp3) is 0.320. The van der Waals surface area contributed by atoms with Crippen molar-refractivity contribution in [3.63, 3.8) is 0 Å². The van der Waals surface area contributed by atoms with E-state index in [-0.39, 0.29) is 5.91 Å². The molecule has 1 fully saturated rings. The van der Waals surface area contributed by atoms with Gasteiger partial charge in [-0.2, -0.15) is 4.98 Å². The van der Waals surface area contributed by atoms with E-state index in [4.69, 9.17) is 9.72 Å². The molecule has 0 bridgehead atoms. The average molecular weight is 460 g/mol. The number of benzene rings is 2. The molecule has 3 heterocycles. The minimum Gasteiger partial charge on any atom is -0.494 e. The van der Waals surface area contributed by atoms with Gasteiger partial charge in [-0.15, -0.1) is 0 Å². The SMILES string of the molecule is COc1cc(N2CCN(C)CC2)ccc1Nc1ncc2c(n1)N(C)c1cc(C)ccc1C(=O)N2. The third-order valence-corrected chi connectivity index (χ3v) is 6.39. The van der Waals surface area contributed by atoms with Crippen LogP contribution in [0.3, 0.4) is 0 Å². The van der Waals surface area contributed by atoms with Crippen molar-refractivity contribution in [2.24, 2.45) is 0 Å². The van der Waals surface area contributed by atoms with E-state index in [1.165, 1.54) is 0 Å². The Labute approximate surface area is 199 Å². The molecule has 9 heteroatoms. The normalized spacial score (nSPS) is 15.8. The number of carbonyl (C=O) groups is 1. The maximum Gasteiger partial charge on any atom is 0.257 e. The van der Waals surface area contributed by atoms with Gasteiger partial charge < -0.3 is 30.1 Å². The molecular formula is C25H29N7O2. The van der Waals surface area contributed by atoms with Crippen LogP contribution in [0.1, 0.15) is 15.9 Å². The van der Waals surface area contributed by atoms with Crippen LogP contribution in [0.2, 0.25) is 0 Å². The lowest BCUT2D eigenvalue weighted by Crippen LogP contribution is -2.44. The standard InChI is InChI=1S/C25H29N7O2/c1-16-5-7-18-21(13-16)31(3)23-20(27-24(18)33)15-26-25(29-23)28-19-8-6-17(14-22(19)34-4)32-11-9-30(2)10-12-32/h5-8,13-15H,9-12H2,1-4H3,(H,27,33)(H,26,28,29). The number of amides is 1. The number of carbonyl (C=O) groups excluding carboxylic acids is 1. The minimum absolute atomic E-state index is 0.175. The fourth-order valence-electron chi connectivity index (χ4n) is 4.36. The van der Waals surface area contributed by atoms with Crippen LogP contribution in [0.25, 0.3) is 0 Å². The smallest absolute Gasteiger partial charge is 0.257 e. The fourth-order valence-corrected chi connectivity index (χ4v) is 4.36. The summed E-state index contributed by atoms with van der Waals surface area (Å²) in [5, 5.41) is 6.21. The van der Waals surface area contributed by atoms with E-state index in [0.29, 0.717) is 23.0 Å². The number of hydrogen-bond acceptors (Lipinski definition) is 8. The van der Waals surface area contributed by atoms with Crippen molar-refractivity contribution in [1.29, 1.82) is 0 Å². The number of nitrogens with zero attached hydrogens (tertiary/aromatic N) is 5. The molecule has 2 aromatic carbocycles. The van der Waals surface area contributed by atoms with E-state index >= 15 is 0 Å². The molecule has 3 aromatic rings. The van der Waals surface area contributed by atoms with E-state index in [1.54, 1.807) is 13.3 Å². The molecule has 1 saturated heterocycles. The first-order valence-electron chi connectivity index (χ1n) is 11.3. The van der Waals surface area contributed by atoms with E-state index < -0.39 is 0 Å². The molecule has 2 aliphatic rings. The summed E-state index contributed by atoms with van der Waals surface area (Å²) in [6, 6.07) is 11.9. The zero-order valence-electron chi connectivity index (χ0n) is 19.9. The minimum atomic E-state index is -0.175. The molecule has 1 aromatic heterocycles. The van der Waals surface area contributed by atoms with Crippen LogP contribution in [0.15, 0.2) is 42.6 Å². The maximum absolute atomic E-state index is 12.7. The molecule has 1 amide bonds. The van der Waals surface area contributed by atoms with Gasteiger partial charge >= 0.3 is 0 Å². The lowest BCUT2D eigenvalue weighted by atomic mass is 10.1. The van der Waals surface area contributed by atoms with Crippen molar-refractivity contribution >= 4 is 40.4 Å². The van der Waals surface area contributed by atoms with Gasteiger partial charge in [0.1, 0.15) is 11.4 Å². The van der Waals surface area contributed by atoms with Crippen LogP contribution in [-0.4, -0.2) is 68.2 Å². The van der Waals surface area contributed by atoms with E-state index in [9.17, 15) is 4.79 Å². The first kappa shape index (κ1) is 22.0. The molecule has 2 N–H and O–H groups in total. The number of piperazine rings is 1. The first-order valence-corrected chi connectivity index (χ1v) is 11.3. The average Bonchev–Trinajstić information content (AvgIpc) is 2.94. The molecule has 176 valence electrons. The largest absolute Gasteiger partial charge is 0.494 e. The van der Waals surface area contributed by atoms with Gasteiger partial charge in [0.25, 0.3) is 5.91 Å².